The van der Waals surface area contributed by atoms with E-state index in [0.717, 1.165) is 31.6 Å². The molecule has 0 aromatic heterocycles. The predicted molar refractivity (Wildman–Crippen MR) is 83.3 cm³/mol. The summed E-state index contributed by atoms with van der Waals surface area (Å²) in [5.41, 5.74) is 3.47. The number of alkyl halides is 1. The van der Waals surface area contributed by atoms with Crippen LogP contribution in [0.5, 0.6) is 0 Å². The second kappa shape index (κ2) is 6.27. The number of nitrogens with one attached hydrogen (secondary N) is 1. The van der Waals surface area contributed by atoms with E-state index in [1.807, 2.05) is 6.07 Å². The highest BCUT2D eigenvalue weighted by Gasteiger charge is 2.24. The molecule has 2 aliphatic heterocycles. The zero-order valence-corrected chi connectivity index (χ0v) is 13.1. The minimum Gasteiger partial charge on any atom is -0.377 e. The van der Waals surface area contributed by atoms with Gasteiger partial charge in [0.1, 0.15) is 0 Å². The second-order valence-electron chi connectivity index (χ2n) is 5.63. The molecule has 2 atom stereocenters. The van der Waals surface area contributed by atoms with Crippen LogP contribution in [-0.2, 0) is 16.0 Å². The van der Waals surface area contributed by atoms with Crippen LogP contribution < -0.4 is 5.32 Å². The first-order valence-corrected chi connectivity index (χ1v) is 8.34. The lowest BCUT2D eigenvalue weighted by molar-refractivity contribution is -0.116. The lowest BCUT2D eigenvalue weighted by Gasteiger charge is -2.27. The van der Waals surface area contributed by atoms with Crippen molar-refractivity contribution in [2.75, 3.05) is 11.9 Å². The van der Waals surface area contributed by atoms with Gasteiger partial charge in [0.2, 0.25) is 5.91 Å². The third-order valence-corrected chi connectivity index (χ3v) is 5.23. The number of ether oxygens (including phenoxy) is 1. The fourth-order valence-corrected chi connectivity index (χ4v) is 3.68. The molecule has 0 spiro atoms. The van der Waals surface area contributed by atoms with Crippen molar-refractivity contribution in [2.24, 2.45) is 0 Å². The van der Waals surface area contributed by atoms with Crippen LogP contribution in [0.25, 0.3) is 0 Å². The van der Waals surface area contributed by atoms with Crippen LogP contribution in [-0.4, -0.2) is 18.6 Å². The van der Waals surface area contributed by atoms with E-state index in [1.165, 1.54) is 24.0 Å². The maximum absolute atomic E-state index is 11.6. The van der Waals surface area contributed by atoms with Crippen LogP contribution in [0.4, 0.5) is 5.69 Å². The van der Waals surface area contributed by atoms with Gasteiger partial charge in [-0.05, 0) is 49.3 Å². The molecule has 1 fully saturated rings. The Morgan fingerprint density at radius 2 is 2.15 bits per heavy atom. The Labute approximate surface area is 128 Å². The van der Waals surface area contributed by atoms with E-state index in [1.54, 1.807) is 0 Å². The van der Waals surface area contributed by atoms with Crippen molar-refractivity contribution in [3.8, 4) is 0 Å². The van der Waals surface area contributed by atoms with Crippen molar-refractivity contribution < 1.29 is 9.53 Å². The molecule has 1 amide bonds. The molecular weight excluding hydrogens is 318 g/mol. The Hall–Kier alpha value is -0.870. The molecule has 2 heterocycles. The van der Waals surface area contributed by atoms with Gasteiger partial charge in [-0.2, -0.15) is 0 Å². The Kier molecular flexibility index (Phi) is 4.41. The van der Waals surface area contributed by atoms with Crippen LogP contribution in [0.15, 0.2) is 18.2 Å². The van der Waals surface area contributed by atoms with Gasteiger partial charge in [0.05, 0.1) is 10.9 Å². The minimum absolute atomic E-state index is 0.127. The minimum atomic E-state index is 0.127. The second-order valence-corrected chi connectivity index (χ2v) is 6.61. The van der Waals surface area contributed by atoms with E-state index >= 15 is 0 Å². The highest BCUT2D eigenvalue weighted by molar-refractivity contribution is 9.09. The molecule has 0 bridgehead atoms. The van der Waals surface area contributed by atoms with Gasteiger partial charge < -0.3 is 10.1 Å². The summed E-state index contributed by atoms with van der Waals surface area (Å²) in [5, 5.41) is 2.98. The van der Waals surface area contributed by atoms with Gasteiger partial charge in [-0.25, -0.2) is 0 Å². The molecule has 20 heavy (non-hydrogen) atoms. The first-order chi connectivity index (χ1) is 9.74. The molecule has 3 nitrogen and oxygen atoms in total. The van der Waals surface area contributed by atoms with E-state index < -0.39 is 0 Å². The SMILES string of the molecule is O=C1CCCc2cc(C(Br)C3CCCCO3)ccc2N1. The van der Waals surface area contributed by atoms with Crippen LogP contribution in [0.2, 0.25) is 0 Å². The van der Waals surface area contributed by atoms with Crippen molar-refractivity contribution in [3.63, 3.8) is 0 Å². The number of amides is 1. The number of aryl methyl sites for hydroxylation is 1. The molecule has 4 heteroatoms. The monoisotopic (exact) mass is 337 g/mol. The highest BCUT2D eigenvalue weighted by atomic mass is 79.9. The van der Waals surface area contributed by atoms with Crippen molar-refractivity contribution >= 4 is 27.5 Å². The van der Waals surface area contributed by atoms with Gasteiger partial charge in [-0.3, -0.25) is 4.79 Å². The molecule has 1 N–H and O–H groups in total. The first-order valence-electron chi connectivity index (χ1n) is 7.42. The number of rotatable bonds is 2. The number of hydrogen-bond acceptors (Lipinski definition) is 2. The smallest absolute Gasteiger partial charge is 0.224 e. The first kappa shape index (κ1) is 14.1. The highest BCUT2D eigenvalue weighted by Crippen LogP contribution is 2.35. The Bertz CT molecular complexity index is 497. The zero-order valence-electron chi connectivity index (χ0n) is 11.5. The van der Waals surface area contributed by atoms with Crippen LogP contribution >= 0.6 is 15.9 Å². The summed E-state index contributed by atoms with van der Waals surface area (Å²) in [6.45, 7) is 0.869. The zero-order chi connectivity index (χ0) is 13.9. The molecule has 0 aliphatic carbocycles. The van der Waals surface area contributed by atoms with E-state index in [2.05, 4.69) is 33.4 Å². The third kappa shape index (κ3) is 3.07. The van der Waals surface area contributed by atoms with E-state index in [0.29, 0.717) is 6.42 Å². The maximum atomic E-state index is 11.6. The molecule has 0 saturated carbocycles. The van der Waals surface area contributed by atoms with Crippen molar-refractivity contribution in [3.05, 3.63) is 29.3 Å². The Balaban J connectivity index is 1.80. The molecular formula is C16H20BrNO2. The summed E-state index contributed by atoms with van der Waals surface area (Å²) in [7, 11) is 0. The summed E-state index contributed by atoms with van der Waals surface area (Å²) >= 11 is 3.79. The number of benzene rings is 1. The maximum Gasteiger partial charge on any atom is 0.224 e. The number of hydrogen-bond donors (Lipinski definition) is 1. The molecule has 2 unspecified atom stereocenters. The number of fused-ring (bicyclic) bond motifs is 1. The van der Waals surface area contributed by atoms with Gasteiger partial charge in [0, 0.05) is 18.7 Å². The lowest BCUT2D eigenvalue weighted by atomic mass is 9.97. The summed E-state index contributed by atoms with van der Waals surface area (Å²) in [5.74, 6) is 0.127. The summed E-state index contributed by atoms with van der Waals surface area (Å²) < 4.78 is 5.86. The number of carbonyl (C=O) groups excluding carboxylic acids is 1. The Morgan fingerprint density at radius 1 is 1.25 bits per heavy atom. The predicted octanol–water partition coefficient (Wildman–Crippen LogP) is 3.97. The summed E-state index contributed by atoms with van der Waals surface area (Å²) in [6.07, 6.45) is 6.31. The lowest BCUT2D eigenvalue weighted by Crippen LogP contribution is -2.23. The molecule has 1 saturated heterocycles. The molecule has 3 rings (SSSR count). The van der Waals surface area contributed by atoms with Crippen LogP contribution in [0.1, 0.15) is 48.1 Å². The van der Waals surface area contributed by atoms with Gasteiger partial charge in [0.25, 0.3) is 0 Å². The molecule has 0 radical (unpaired) electrons. The van der Waals surface area contributed by atoms with Gasteiger partial charge in [-0.15, -0.1) is 0 Å². The average molecular weight is 338 g/mol. The summed E-state index contributed by atoms with van der Waals surface area (Å²) in [6, 6.07) is 6.35. The quantitative estimate of drug-likeness (QED) is 0.829. The van der Waals surface area contributed by atoms with Crippen molar-refractivity contribution in [1.82, 2.24) is 0 Å². The van der Waals surface area contributed by atoms with Crippen LogP contribution in [0, 0.1) is 0 Å². The van der Waals surface area contributed by atoms with Gasteiger partial charge in [-0.1, -0.05) is 28.1 Å². The van der Waals surface area contributed by atoms with Gasteiger partial charge >= 0.3 is 0 Å². The fourth-order valence-electron chi connectivity index (χ4n) is 2.98. The largest absolute Gasteiger partial charge is 0.377 e. The molecule has 2 aliphatic rings. The van der Waals surface area contributed by atoms with E-state index in [-0.39, 0.29) is 16.8 Å². The summed E-state index contributed by atoms with van der Waals surface area (Å²) in [4.78, 5) is 11.8. The fraction of sp³-hybridized carbons (Fsp3) is 0.562. The third-order valence-electron chi connectivity index (χ3n) is 4.11. The number of halogens is 1. The molecule has 1 aromatic carbocycles. The number of anilines is 1. The number of carbonyl (C=O) groups is 1. The van der Waals surface area contributed by atoms with E-state index in [9.17, 15) is 4.79 Å². The molecule has 1 aromatic rings. The van der Waals surface area contributed by atoms with Gasteiger partial charge in [0.15, 0.2) is 0 Å². The van der Waals surface area contributed by atoms with Crippen molar-refractivity contribution in [1.29, 1.82) is 0 Å². The van der Waals surface area contributed by atoms with Crippen LogP contribution in [0.3, 0.4) is 0 Å². The standard InChI is InChI=1S/C16H20BrNO2/c17-16(14-5-1-2-9-20-14)12-7-8-13-11(10-12)4-3-6-15(19)18-13/h7-8,10,14,16H,1-6,9H2,(H,18,19). The normalized spacial score (nSPS) is 24.4. The molecule has 108 valence electrons. The van der Waals surface area contributed by atoms with Crippen molar-refractivity contribution in [2.45, 2.75) is 49.5 Å². The Morgan fingerprint density at radius 3 is 2.95 bits per heavy atom. The average Bonchev–Trinajstić information content (AvgIpc) is 2.67. The topological polar surface area (TPSA) is 38.3 Å². The van der Waals surface area contributed by atoms with E-state index in [4.69, 9.17) is 4.74 Å².